The van der Waals surface area contributed by atoms with Gasteiger partial charge in [0.05, 0.1) is 19.5 Å². The fourth-order valence-electron chi connectivity index (χ4n) is 3.79. The Morgan fingerprint density at radius 2 is 1.67 bits per heavy atom. The Morgan fingerprint density at radius 3 is 2.39 bits per heavy atom. The van der Waals surface area contributed by atoms with Crippen molar-refractivity contribution in [3.05, 3.63) is 84.6 Å². The quantitative estimate of drug-likeness (QED) is 0.275. The number of hydrogen-bond acceptors (Lipinski definition) is 5. The minimum Gasteiger partial charge on any atom is -0.497 e. The van der Waals surface area contributed by atoms with E-state index < -0.39 is 0 Å². The van der Waals surface area contributed by atoms with Gasteiger partial charge in [0.25, 0.3) is 5.91 Å². The molecule has 4 aromatic rings. The Labute approximate surface area is 214 Å². The summed E-state index contributed by atoms with van der Waals surface area (Å²) in [5, 5.41) is 6.98. The second-order valence-electron chi connectivity index (χ2n) is 7.98. The standard InChI is InChI=1S/C28H29N3O4S/c1-3-35-23-14-10-21(11-15-23)30-27(32)19-36-26-18-31(25-7-5-4-6-24(25)26)17-16-29-28(33)20-8-12-22(34-2)13-9-20/h4-15,18H,3,16-17,19H2,1-2H3,(H,29,33)(H,30,32). The number of thioether (sulfide) groups is 1. The molecule has 2 N–H and O–H groups in total. The summed E-state index contributed by atoms with van der Waals surface area (Å²) < 4.78 is 12.7. The number of fused-ring (bicyclic) bond motifs is 1. The summed E-state index contributed by atoms with van der Waals surface area (Å²) in [6, 6.07) is 22.4. The largest absolute Gasteiger partial charge is 0.497 e. The van der Waals surface area contributed by atoms with Crippen molar-refractivity contribution in [3.63, 3.8) is 0 Å². The Bertz CT molecular complexity index is 1320. The van der Waals surface area contributed by atoms with Gasteiger partial charge in [-0.2, -0.15) is 0 Å². The lowest BCUT2D eigenvalue weighted by Gasteiger charge is -2.08. The van der Waals surface area contributed by atoms with Crippen LogP contribution in [0.1, 0.15) is 17.3 Å². The molecular formula is C28H29N3O4S. The van der Waals surface area contributed by atoms with Gasteiger partial charge in [0, 0.05) is 46.3 Å². The second-order valence-corrected chi connectivity index (χ2v) is 9.00. The molecule has 36 heavy (non-hydrogen) atoms. The molecule has 0 aliphatic heterocycles. The van der Waals surface area contributed by atoms with Gasteiger partial charge in [-0.05, 0) is 61.5 Å². The van der Waals surface area contributed by atoms with Crippen LogP contribution in [-0.2, 0) is 11.3 Å². The number of amides is 2. The molecule has 4 rings (SSSR count). The molecule has 8 heteroatoms. The highest BCUT2D eigenvalue weighted by Crippen LogP contribution is 2.30. The lowest BCUT2D eigenvalue weighted by atomic mass is 10.2. The van der Waals surface area contributed by atoms with Crippen LogP contribution < -0.4 is 20.1 Å². The number of para-hydroxylation sites is 1. The molecule has 3 aromatic carbocycles. The van der Waals surface area contributed by atoms with Crippen LogP contribution in [0, 0.1) is 0 Å². The van der Waals surface area contributed by atoms with Crippen LogP contribution in [0.15, 0.2) is 83.9 Å². The molecule has 2 amide bonds. The summed E-state index contributed by atoms with van der Waals surface area (Å²) in [6.45, 7) is 3.63. The zero-order valence-corrected chi connectivity index (χ0v) is 21.1. The number of anilines is 1. The molecule has 0 bridgehead atoms. The number of nitrogens with zero attached hydrogens (tertiary/aromatic N) is 1. The first kappa shape index (κ1) is 25.2. The van der Waals surface area contributed by atoms with Crippen molar-refractivity contribution < 1.29 is 19.1 Å². The van der Waals surface area contributed by atoms with Crippen molar-refractivity contribution >= 4 is 40.2 Å². The first-order valence-corrected chi connectivity index (χ1v) is 12.7. The van der Waals surface area contributed by atoms with E-state index in [-0.39, 0.29) is 17.6 Å². The van der Waals surface area contributed by atoms with Crippen LogP contribution in [0.4, 0.5) is 5.69 Å². The molecular weight excluding hydrogens is 474 g/mol. The Hall–Kier alpha value is -3.91. The fourth-order valence-corrected chi connectivity index (χ4v) is 4.68. The van der Waals surface area contributed by atoms with Crippen molar-refractivity contribution in [2.45, 2.75) is 18.4 Å². The van der Waals surface area contributed by atoms with Gasteiger partial charge in [-0.15, -0.1) is 11.8 Å². The molecule has 0 unspecified atom stereocenters. The molecule has 0 aliphatic carbocycles. The van der Waals surface area contributed by atoms with Crippen molar-refractivity contribution in [1.29, 1.82) is 0 Å². The van der Waals surface area contributed by atoms with Crippen molar-refractivity contribution in [3.8, 4) is 11.5 Å². The first-order chi connectivity index (χ1) is 17.6. The minimum absolute atomic E-state index is 0.0762. The van der Waals surface area contributed by atoms with E-state index in [1.54, 1.807) is 31.4 Å². The number of ether oxygens (including phenoxy) is 2. The van der Waals surface area contributed by atoms with E-state index in [0.29, 0.717) is 31.0 Å². The van der Waals surface area contributed by atoms with E-state index in [4.69, 9.17) is 9.47 Å². The Balaban J connectivity index is 1.34. The fraction of sp³-hybridized carbons (Fsp3) is 0.214. The number of hydrogen-bond donors (Lipinski definition) is 2. The summed E-state index contributed by atoms with van der Waals surface area (Å²) >= 11 is 1.49. The topological polar surface area (TPSA) is 81.6 Å². The monoisotopic (exact) mass is 503 g/mol. The minimum atomic E-state index is -0.130. The highest BCUT2D eigenvalue weighted by molar-refractivity contribution is 8.00. The van der Waals surface area contributed by atoms with Crippen LogP contribution in [0.2, 0.25) is 0 Å². The number of carbonyl (C=O) groups is 2. The Morgan fingerprint density at radius 1 is 0.944 bits per heavy atom. The zero-order chi connectivity index (χ0) is 25.3. The maximum Gasteiger partial charge on any atom is 0.251 e. The van der Waals surface area contributed by atoms with Crippen molar-refractivity contribution in [2.24, 2.45) is 0 Å². The van der Waals surface area contributed by atoms with E-state index in [2.05, 4.69) is 21.3 Å². The third-order valence-electron chi connectivity index (χ3n) is 5.55. The second kappa shape index (κ2) is 12.2. The summed E-state index contributed by atoms with van der Waals surface area (Å²) in [5.74, 6) is 1.57. The summed E-state index contributed by atoms with van der Waals surface area (Å²) in [6.07, 6.45) is 2.04. The van der Waals surface area contributed by atoms with Gasteiger partial charge in [0.1, 0.15) is 11.5 Å². The highest BCUT2D eigenvalue weighted by Gasteiger charge is 2.12. The van der Waals surface area contributed by atoms with Gasteiger partial charge in [-0.25, -0.2) is 0 Å². The average Bonchev–Trinajstić information content (AvgIpc) is 3.26. The summed E-state index contributed by atoms with van der Waals surface area (Å²) in [4.78, 5) is 26.0. The number of carbonyl (C=O) groups excluding carboxylic acids is 2. The molecule has 1 aromatic heterocycles. The Kier molecular flexibility index (Phi) is 8.52. The van der Waals surface area contributed by atoms with Crippen LogP contribution in [0.5, 0.6) is 11.5 Å². The molecule has 0 atom stereocenters. The van der Waals surface area contributed by atoms with E-state index in [1.165, 1.54) is 11.8 Å². The van der Waals surface area contributed by atoms with Gasteiger partial charge in [-0.1, -0.05) is 18.2 Å². The number of nitrogens with one attached hydrogen (secondary N) is 2. The van der Waals surface area contributed by atoms with E-state index in [1.807, 2.05) is 55.6 Å². The number of aromatic nitrogens is 1. The summed E-state index contributed by atoms with van der Waals surface area (Å²) in [5.41, 5.74) is 2.38. The molecule has 0 spiro atoms. The molecule has 0 radical (unpaired) electrons. The smallest absolute Gasteiger partial charge is 0.251 e. The maximum absolute atomic E-state index is 12.5. The van der Waals surface area contributed by atoms with E-state index in [0.717, 1.165) is 27.2 Å². The van der Waals surface area contributed by atoms with Crippen LogP contribution in [-0.4, -0.2) is 42.4 Å². The van der Waals surface area contributed by atoms with Gasteiger partial charge < -0.3 is 24.7 Å². The third-order valence-corrected chi connectivity index (χ3v) is 6.59. The van der Waals surface area contributed by atoms with Gasteiger partial charge in [0.15, 0.2) is 0 Å². The lowest BCUT2D eigenvalue weighted by Crippen LogP contribution is -2.27. The van der Waals surface area contributed by atoms with Gasteiger partial charge in [0.2, 0.25) is 5.91 Å². The van der Waals surface area contributed by atoms with Crippen LogP contribution in [0.3, 0.4) is 0 Å². The van der Waals surface area contributed by atoms with Crippen LogP contribution >= 0.6 is 11.8 Å². The molecule has 7 nitrogen and oxygen atoms in total. The predicted octanol–water partition coefficient (Wildman–Crippen LogP) is 5.21. The van der Waals surface area contributed by atoms with Gasteiger partial charge >= 0.3 is 0 Å². The molecule has 1 heterocycles. The molecule has 0 aliphatic rings. The lowest BCUT2D eigenvalue weighted by molar-refractivity contribution is -0.113. The SMILES string of the molecule is CCOc1ccc(NC(=O)CSc2cn(CCNC(=O)c3ccc(OC)cc3)c3ccccc23)cc1. The highest BCUT2D eigenvalue weighted by atomic mass is 32.2. The third kappa shape index (κ3) is 6.40. The number of benzene rings is 3. The average molecular weight is 504 g/mol. The van der Waals surface area contributed by atoms with E-state index in [9.17, 15) is 9.59 Å². The maximum atomic E-state index is 12.5. The van der Waals surface area contributed by atoms with Crippen molar-refractivity contribution in [1.82, 2.24) is 9.88 Å². The molecule has 0 saturated heterocycles. The van der Waals surface area contributed by atoms with Crippen molar-refractivity contribution in [2.75, 3.05) is 31.3 Å². The number of rotatable bonds is 11. The molecule has 0 saturated carbocycles. The summed E-state index contributed by atoms with van der Waals surface area (Å²) in [7, 11) is 1.59. The molecule has 0 fully saturated rings. The normalized spacial score (nSPS) is 10.7. The first-order valence-electron chi connectivity index (χ1n) is 11.7. The van der Waals surface area contributed by atoms with Gasteiger partial charge in [-0.3, -0.25) is 9.59 Å². The van der Waals surface area contributed by atoms with E-state index >= 15 is 0 Å². The van der Waals surface area contributed by atoms with Crippen LogP contribution in [0.25, 0.3) is 10.9 Å². The zero-order valence-electron chi connectivity index (χ0n) is 20.3. The predicted molar refractivity (Wildman–Crippen MR) is 144 cm³/mol. The molecule has 186 valence electrons. The number of methoxy groups -OCH3 is 1.